The lowest BCUT2D eigenvalue weighted by Gasteiger charge is -2.28. The van der Waals surface area contributed by atoms with Crippen LogP contribution in [-0.2, 0) is 24.1 Å². The molecule has 1 fully saturated rings. The monoisotopic (exact) mass is 310 g/mol. The molecule has 1 rings (SSSR count). The quantitative estimate of drug-likeness (QED) is 0.493. The second-order valence-corrected chi connectivity index (χ2v) is 6.20. The summed E-state index contributed by atoms with van der Waals surface area (Å²) in [5.41, 5.74) is 0. The van der Waals surface area contributed by atoms with Crippen LogP contribution in [0.25, 0.3) is 0 Å². The van der Waals surface area contributed by atoms with Crippen LogP contribution in [0.15, 0.2) is 0 Å². The third-order valence-electron chi connectivity index (χ3n) is 3.24. The predicted molar refractivity (Wildman–Crippen MR) is 74.7 cm³/mol. The number of rotatable bonds is 10. The average molecular weight is 310 g/mol. The Kier molecular flexibility index (Phi) is 8.63. The molecule has 0 unspecified atom stereocenters. The Morgan fingerprint density at radius 1 is 1.05 bits per heavy atom. The Morgan fingerprint density at radius 2 is 1.60 bits per heavy atom. The Hall–Kier alpha value is -0.210. The summed E-state index contributed by atoms with van der Waals surface area (Å²) < 4.78 is 44.7. The average Bonchev–Trinajstić information content (AvgIpc) is 2.38. The van der Waals surface area contributed by atoms with Crippen LogP contribution in [0.3, 0.4) is 0 Å². The Labute approximate surface area is 121 Å². The fraction of sp³-hybridized carbons (Fsp3) is 1.00. The molecule has 6 nitrogen and oxygen atoms in total. The predicted octanol–water partition coefficient (Wildman–Crippen LogP) is 2.69. The summed E-state index contributed by atoms with van der Waals surface area (Å²) in [5, 5.41) is 0. The maximum Gasteiger partial charge on any atom is 0.397 e. The van der Waals surface area contributed by atoms with Crippen LogP contribution in [0.1, 0.15) is 58.3 Å². The highest BCUT2D eigenvalue weighted by Crippen LogP contribution is 2.16. The van der Waals surface area contributed by atoms with E-state index in [1.54, 1.807) is 0 Å². The van der Waals surface area contributed by atoms with Crippen LogP contribution in [-0.4, -0.2) is 38.6 Å². The number of hydrogen-bond donors (Lipinski definition) is 1. The first kappa shape index (κ1) is 17.8. The van der Waals surface area contributed by atoms with Crippen LogP contribution < -0.4 is 0 Å². The van der Waals surface area contributed by atoms with E-state index in [0.29, 0.717) is 0 Å². The zero-order valence-corrected chi connectivity index (χ0v) is 12.9. The van der Waals surface area contributed by atoms with Crippen LogP contribution in [0.2, 0.25) is 0 Å². The summed E-state index contributed by atoms with van der Waals surface area (Å²) in [5.74, 6) is 0. The van der Waals surface area contributed by atoms with Gasteiger partial charge in [-0.05, 0) is 12.8 Å². The van der Waals surface area contributed by atoms with Gasteiger partial charge >= 0.3 is 10.4 Å². The summed E-state index contributed by atoms with van der Waals surface area (Å²) in [4.78, 5) is 0. The van der Waals surface area contributed by atoms with Crippen molar-refractivity contribution in [3.05, 3.63) is 0 Å². The molecule has 1 heterocycles. The van der Waals surface area contributed by atoms with Crippen molar-refractivity contribution in [2.75, 3.05) is 13.2 Å². The van der Waals surface area contributed by atoms with Crippen LogP contribution in [0.5, 0.6) is 0 Å². The smallest absolute Gasteiger partial charge is 0.350 e. The number of unbranched alkanes of at least 4 members (excludes halogenated alkanes) is 6. The van der Waals surface area contributed by atoms with Gasteiger partial charge in [0.2, 0.25) is 0 Å². The summed E-state index contributed by atoms with van der Waals surface area (Å²) in [7, 11) is -4.43. The van der Waals surface area contributed by atoms with Crippen molar-refractivity contribution in [1.29, 1.82) is 0 Å². The molecule has 1 saturated heterocycles. The van der Waals surface area contributed by atoms with E-state index in [2.05, 4.69) is 11.1 Å². The molecule has 0 aromatic carbocycles. The Morgan fingerprint density at radius 3 is 2.15 bits per heavy atom. The molecule has 0 aromatic heterocycles. The van der Waals surface area contributed by atoms with Crippen molar-refractivity contribution in [3.63, 3.8) is 0 Å². The van der Waals surface area contributed by atoms with E-state index >= 15 is 0 Å². The number of hydrogen-bond acceptors (Lipinski definition) is 5. The molecule has 0 amide bonds. The second-order valence-electron chi connectivity index (χ2n) is 5.15. The summed E-state index contributed by atoms with van der Waals surface area (Å²) in [6.45, 7) is 2.46. The van der Waals surface area contributed by atoms with Crippen molar-refractivity contribution < 1.29 is 26.6 Å². The molecule has 0 spiro atoms. The van der Waals surface area contributed by atoms with Crippen LogP contribution >= 0.6 is 0 Å². The van der Waals surface area contributed by atoms with Crippen molar-refractivity contribution in [2.24, 2.45) is 0 Å². The molecule has 0 aromatic rings. The van der Waals surface area contributed by atoms with Gasteiger partial charge in [0, 0.05) is 0 Å². The molecule has 1 aliphatic rings. The van der Waals surface area contributed by atoms with E-state index in [-0.39, 0.29) is 19.5 Å². The van der Waals surface area contributed by atoms with Gasteiger partial charge in [0.1, 0.15) is 6.10 Å². The minimum Gasteiger partial charge on any atom is -0.350 e. The zero-order chi connectivity index (χ0) is 14.8. The minimum absolute atomic E-state index is 0.126. The first-order valence-electron chi connectivity index (χ1n) is 7.40. The van der Waals surface area contributed by atoms with Gasteiger partial charge in [0.25, 0.3) is 0 Å². The van der Waals surface area contributed by atoms with Gasteiger partial charge in [0.05, 0.1) is 13.2 Å². The fourth-order valence-corrected chi connectivity index (χ4v) is 2.64. The van der Waals surface area contributed by atoms with Gasteiger partial charge in [-0.2, -0.15) is 8.42 Å². The van der Waals surface area contributed by atoms with E-state index in [4.69, 9.17) is 14.0 Å². The molecular weight excluding hydrogens is 284 g/mol. The van der Waals surface area contributed by atoms with Gasteiger partial charge in [-0.25, -0.2) is 4.18 Å². The number of ether oxygens (including phenoxy) is 2. The Bertz CT molecular complexity index is 335. The van der Waals surface area contributed by atoms with Crippen LogP contribution in [0, 0.1) is 0 Å². The lowest BCUT2D eigenvalue weighted by molar-refractivity contribution is -0.213. The van der Waals surface area contributed by atoms with Crippen molar-refractivity contribution in [3.8, 4) is 0 Å². The van der Waals surface area contributed by atoms with Gasteiger partial charge in [-0.3, -0.25) is 4.55 Å². The third-order valence-corrected chi connectivity index (χ3v) is 3.75. The maximum absolute atomic E-state index is 10.5. The fourth-order valence-electron chi connectivity index (χ4n) is 2.19. The molecular formula is C13H26O6S. The SMILES string of the molecule is CCCCCCCCC[C@H]1OC[C@@H](OS(=O)(=O)O)CO1. The zero-order valence-electron chi connectivity index (χ0n) is 12.1. The largest absolute Gasteiger partial charge is 0.397 e. The second kappa shape index (κ2) is 9.68. The highest BCUT2D eigenvalue weighted by atomic mass is 32.3. The van der Waals surface area contributed by atoms with Crippen molar-refractivity contribution >= 4 is 10.4 Å². The van der Waals surface area contributed by atoms with E-state index in [1.807, 2.05) is 0 Å². The first-order chi connectivity index (χ1) is 9.51. The molecule has 0 bridgehead atoms. The van der Waals surface area contributed by atoms with Crippen LogP contribution in [0.4, 0.5) is 0 Å². The lowest BCUT2D eigenvalue weighted by Crippen LogP contribution is -2.38. The molecule has 20 heavy (non-hydrogen) atoms. The van der Waals surface area contributed by atoms with Gasteiger partial charge in [-0.1, -0.05) is 45.4 Å². The molecule has 0 aliphatic carbocycles. The van der Waals surface area contributed by atoms with Gasteiger partial charge < -0.3 is 9.47 Å². The first-order valence-corrected chi connectivity index (χ1v) is 8.76. The lowest BCUT2D eigenvalue weighted by atomic mass is 10.1. The molecule has 120 valence electrons. The summed E-state index contributed by atoms with van der Waals surface area (Å²) in [6.07, 6.45) is 8.38. The normalized spacial score (nSPS) is 23.9. The molecule has 7 heteroatoms. The van der Waals surface area contributed by atoms with E-state index in [0.717, 1.165) is 19.3 Å². The van der Waals surface area contributed by atoms with Crippen molar-refractivity contribution in [1.82, 2.24) is 0 Å². The van der Waals surface area contributed by atoms with E-state index in [9.17, 15) is 8.42 Å². The Balaban J connectivity index is 2.00. The molecule has 0 saturated carbocycles. The standard InChI is InChI=1S/C13H26O6S/c1-2-3-4-5-6-7-8-9-13-17-10-12(11-18-13)19-20(14,15)16/h12-13H,2-11H2,1H3,(H,14,15,16)/t12-,13+. The molecule has 1 aliphatic heterocycles. The highest BCUT2D eigenvalue weighted by Gasteiger charge is 2.25. The molecule has 0 radical (unpaired) electrons. The van der Waals surface area contributed by atoms with E-state index < -0.39 is 16.5 Å². The highest BCUT2D eigenvalue weighted by molar-refractivity contribution is 7.80. The van der Waals surface area contributed by atoms with Gasteiger partial charge in [0.15, 0.2) is 6.29 Å². The topological polar surface area (TPSA) is 82.1 Å². The third kappa shape index (κ3) is 8.86. The van der Waals surface area contributed by atoms with Crippen molar-refractivity contribution in [2.45, 2.75) is 70.7 Å². The van der Waals surface area contributed by atoms with Gasteiger partial charge in [-0.15, -0.1) is 0 Å². The molecule has 1 N–H and O–H groups in total. The minimum atomic E-state index is -4.43. The maximum atomic E-state index is 10.5. The van der Waals surface area contributed by atoms with E-state index in [1.165, 1.54) is 32.1 Å². The summed E-state index contributed by atoms with van der Waals surface area (Å²) in [6, 6.07) is 0. The summed E-state index contributed by atoms with van der Waals surface area (Å²) >= 11 is 0. The molecule has 0 atom stereocenters.